The number of halogens is 3. The smallest absolute Gasteiger partial charge is 0.408 e. The number of benzene rings is 1. The van der Waals surface area contributed by atoms with Crippen molar-refractivity contribution < 1.29 is 18.3 Å². The highest BCUT2D eigenvalue weighted by Crippen LogP contribution is 2.43. The van der Waals surface area contributed by atoms with E-state index >= 15 is 0 Å². The maximum atomic E-state index is 14.2. The molecule has 1 aromatic heterocycles. The Morgan fingerprint density at radius 2 is 2.09 bits per heavy atom. The van der Waals surface area contributed by atoms with Crippen LogP contribution >= 0.6 is 15.9 Å². The fraction of sp³-hybridized carbons (Fsp3) is 0.200. The van der Waals surface area contributed by atoms with Gasteiger partial charge in [0.05, 0.1) is 0 Å². The molecular weight excluding hydrogens is 358 g/mol. The standard InChI is InChI=1S/C15H11BrF2N2O2/c1-15(11-5-10(17)2-3-12(11)18)13(20-14(21)22-15)8-4-9(16)7-19-6-8/h2-7,13H,1H3,(H,20,21)/t13-,15-/m1/s1. The molecule has 2 heterocycles. The van der Waals surface area contributed by atoms with Gasteiger partial charge >= 0.3 is 6.09 Å². The first-order chi connectivity index (χ1) is 10.4. The Morgan fingerprint density at radius 3 is 2.82 bits per heavy atom. The first-order valence-electron chi connectivity index (χ1n) is 6.45. The minimum Gasteiger partial charge on any atom is -0.436 e. The molecule has 114 valence electrons. The molecule has 7 heteroatoms. The number of amides is 1. The SMILES string of the molecule is C[C@]1(c2cc(F)ccc2F)OC(=O)N[C@@H]1c1cncc(Br)c1. The molecule has 0 radical (unpaired) electrons. The van der Waals surface area contributed by atoms with Gasteiger partial charge in [-0.2, -0.15) is 0 Å². The van der Waals surface area contributed by atoms with Crippen molar-refractivity contribution >= 4 is 22.0 Å². The normalized spacial score (nSPS) is 24.0. The minimum absolute atomic E-state index is 0.0316. The largest absolute Gasteiger partial charge is 0.436 e. The number of hydrogen-bond acceptors (Lipinski definition) is 3. The van der Waals surface area contributed by atoms with Crippen LogP contribution in [0.15, 0.2) is 41.1 Å². The van der Waals surface area contributed by atoms with Gasteiger partial charge in [0.1, 0.15) is 17.7 Å². The summed E-state index contributed by atoms with van der Waals surface area (Å²) in [6.07, 6.45) is 2.43. The Bertz CT molecular complexity index is 756. The van der Waals surface area contributed by atoms with E-state index in [1.807, 2.05) is 0 Å². The number of hydrogen-bond donors (Lipinski definition) is 1. The first kappa shape index (κ1) is 14.9. The number of carbonyl (C=O) groups excluding carboxylic acids is 1. The number of cyclic esters (lactones) is 1. The lowest BCUT2D eigenvalue weighted by Crippen LogP contribution is -2.32. The number of pyridine rings is 1. The van der Waals surface area contributed by atoms with Gasteiger partial charge in [-0.1, -0.05) is 0 Å². The Kier molecular flexibility index (Phi) is 3.60. The molecule has 0 bridgehead atoms. The van der Waals surface area contributed by atoms with Crippen LogP contribution in [0.25, 0.3) is 0 Å². The fourth-order valence-corrected chi connectivity index (χ4v) is 2.99. The molecule has 2 atom stereocenters. The molecular formula is C15H11BrF2N2O2. The van der Waals surface area contributed by atoms with Gasteiger partial charge in [-0.15, -0.1) is 0 Å². The first-order valence-corrected chi connectivity index (χ1v) is 7.25. The van der Waals surface area contributed by atoms with E-state index in [1.54, 1.807) is 18.5 Å². The summed E-state index contributed by atoms with van der Waals surface area (Å²) in [5, 5.41) is 2.62. The highest BCUT2D eigenvalue weighted by atomic mass is 79.9. The molecule has 1 aliphatic heterocycles. The van der Waals surface area contributed by atoms with Crippen LogP contribution in [0.4, 0.5) is 13.6 Å². The molecule has 4 nitrogen and oxygen atoms in total. The van der Waals surface area contributed by atoms with Gasteiger partial charge in [-0.05, 0) is 52.7 Å². The summed E-state index contributed by atoms with van der Waals surface area (Å²) in [5.41, 5.74) is -0.798. The van der Waals surface area contributed by atoms with Gasteiger partial charge in [-0.3, -0.25) is 4.98 Å². The van der Waals surface area contributed by atoms with Crippen molar-refractivity contribution in [2.24, 2.45) is 0 Å². The zero-order valence-corrected chi connectivity index (χ0v) is 13.0. The highest BCUT2D eigenvalue weighted by Gasteiger charge is 2.49. The van der Waals surface area contributed by atoms with E-state index in [1.165, 1.54) is 6.92 Å². The second kappa shape index (κ2) is 5.31. The molecule has 1 aromatic carbocycles. The number of ether oxygens (including phenoxy) is 1. The molecule has 22 heavy (non-hydrogen) atoms. The number of rotatable bonds is 2. The zero-order valence-electron chi connectivity index (χ0n) is 11.4. The minimum atomic E-state index is -1.38. The molecule has 0 aliphatic carbocycles. The van der Waals surface area contributed by atoms with E-state index in [4.69, 9.17) is 4.74 Å². The summed E-state index contributed by atoms with van der Waals surface area (Å²) in [6.45, 7) is 1.54. The maximum absolute atomic E-state index is 14.2. The maximum Gasteiger partial charge on any atom is 0.408 e. The average Bonchev–Trinajstić information content (AvgIpc) is 2.77. The van der Waals surface area contributed by atoms with E-state index < -0.39 is 29.4 Å². The monoisotopic (exact) mass is 368 g/mol. The Hall–Kier alpha value is -2.02. The number of nitrogens with one attached hydrogen (secondary N) is 1. The average molecular weight is 369 g/mol. The Balaban J connectivity index is 2.13. The molecule has 3 rings (SSSR count). The summed E-state index contributed by atoms with van der Waals surface area (Å²) >= 11 is 3.29. The lowest BCUT2D eigenvalue weighted by atomic mass is 9.85. The van der Waals surface area contributed by atoms with Crippen molar-refractivity contribution in [3.63, 3.8) is 0 Å². The number of aromatic nitrogens is 1. The predicted octanol–water partition coefficient (Wildman–Crippen LogP) is 3.82. The highest BCUT2D eigenvalue weighted by molar-refractivity contribution is 9.10. The van der Waals surface area contributed by atoms with Crippen molar-refractivity contribution in [2.45, 2.75) is 18.6 Å². The van der Waals surface area contributed by atoms with Gasteiger partial charge in [0.2, 0.25) is 0 Å². The van der Waals surface area contributed by atoms with E-state index in [2.05, 4.69) is 26.2 Å². The fourth-order valence-electron chi connectivity index (χ4n) is 2.61. The van der Waals surface area contributed by atoms with E-state index in [9.17, 15) is 13.6 Å². The molecule has 1 aliphatic rings. The van der Waals surface area contributed by atoms with Crippen LogP contribution < -0.4 is 5.32 Å². The molecule has 1 saturated heterocycles. The van der Waals surface area contributed by atoms with Crippen LogP contribution in [-0.2, 0) is 10.3 Å². The third-order valence-electron chi connectivity index (χ3n) is 3.64. The summed E-state index contributed by atoms with van der Waals surface area (Å²) < 4.78 is 33.6. The second-order valence-electron chi connectivity index (χ2n) is 5.13. The van der Waals surface area contributed by atoms with Gasteiger partial charge in [0.15, 0.2) is 5.60 Å². The van der Waals surface area contributed by atoms with Crippen LogP contribution in [0.3, 0.4) is 0 Å². The van der Waals surface area contributed by atoms with Crippen molar-refractivity contribution in [1.29, 1.82) is 0 Å². The quantitative estimate of drug-likeness (QED) is 0.876. The van der Waals surface area contributed by atoms with Gasteiger partial charge < -0.3 is 10.1 Å². The predicted molar refractivity (Wildman–Crippen MR) is 78.0 cm³/mol. The van der Waals surface area contributed by atoms with Crippen LogP contribution in [0.2, 0.25) is 0 Å². The van der Waals surface area contributed by atoms with Gasteiger partial charge in [0.25, 0.3) is 0 Å². The van der Waals surface area contributed by atoms with Crippen molar-refractivity contribution in [3.8, 4) is 0 Å². The number of nitrogens with zero attached hydrogens (tertiary/aromatic N) is 1. The summed E-state index contributed by atoms with van der Waals surface area (Å²) in [6, 6.07) is 4.11. The molecule has 0 saturated carbocycles. The molecule has 0 spiro atoms. The van der Waals surface area contributed by atoms with E-state index in [-0.39, 0.29) is 5.56 Å². The van der Waals surface area contributed by atoms with Crippen LogP contribution in [-0.4, -0.2) is 11.1 Å². The van der Waals surface area contributed by atoms with E-state index in [0.717, 1.165) is 18.2 Å². The molecule has 1 fully saturated rings. The van der Waals surface area contributed by atoms with Crippen molar-refractivity contribution in [1.82, 2.24) is 10.3 Å². The number of alkyl carbamates (subject to hydrolysis) is 1. The van der Waals surface area contributed by atoms with Crippen LogP contribution in [0, 0.1) is 11.6 Å². The van der Waals surface area contributed by atoms with Crippen LogP contribution in [0.1, 0.15) is 24.1 Å². The summed E-state index contributed by atoms with van der Waals surface area (Å²) in [4.78, 5) is 15.7. The molecule has 0 unspecified atom stereocenters. The Morgan fingerprint density at radius 1 is 1.32 bits per heavy atom. The lowest BCUT2D eigenvalue weighted by Gasteiger charge is -2.29. The Labute approximate surface area is 133 Å². The lowest BCUT2D eigenvalue weighted by molar-refractivity contribution is 0.0460. The topological polar surface area (TPSA) is 51.2 Å². The zero-order chi connectivity index (χ0) is 15.9. The second-order valence-corrected chi connectivity index (χ2v) is 6.05. The van der Waals surface area contributed by atoms with Crippen molar-refractivity contribution in [2.75, 3.05) is 0 Å². The summed E-state index contributed by atoms with van der Waals surface area (Å²) in [5.74, 6) is -1.25. The third kappa shape index (κ3) is 2.45. The van der Waals surface area contributed by atoms with Crippen LogP contribution in [0.5, 0.6) is 0 Å². The summed E-state index contributed by atoms with van der Waals surface area (Å²) in [7, 11) is 0. The molecule has 2 aromatic rings. The van der Waals surface area contributed by atoms with E-state index in [0.29, 0.717) is 10.0 Å². The molecule has 1 N–H and O–H groups in total. The molecule has 1 amide bonds. The van der Waals surface area contributed by atoms with Crippen molar-refractivity contribution in [3.05, 3.63) is 63.9 Å². The third-order valence-corrected chi connectivity index (χ3v) is 4.07. The number of carbonyl (C=O) groups is 1. The van der Waals surface area contributed by atoms with Gasteiger partial charge in [-0.25, -0.2) is 13.6 Å². The van der Waals surface area contributed by atoms with Gasteiger partial charge in [0, 0.05) is 22.4 Å².